The van der Waals surface area contributed by atoms with Crippen LogP contribution in [0.5, 0.6) is 0 Å². The summed E-state index contributed by atoms with van der Waals surface area (Å²) in [6.45, 7) is 9.71. The molecule has 0 aliphatic heterocycles. The zero-order valence-corrected chi connectivity index (χ0v) is 11.7. The maximum Gasteiger partial charge on any atom is 0.221 e. The minimum absolute atomic E-state index is 0.0582. The van der Waals surface area contributed by atoms with E-state index in [1.165, 1.54) is 0 Å². The molecule has 1 atom stereocenters. The van der Waals surface area contributed by atoms with Crippen LogP contribution in [0.2, 0.25) is 0 Å². The van der Waals surface area contributed by atoms with Crippen LogP contribution in [0.1, 0.15) is 34.1 Å². The Hall–Kier alpha value is -1.36. The SMILES string of the molecule is CC(Cn1ccnc1)NC(=O)CCNC(C)(C)C. The van der Waals surface area contributed by atoms with Gasteiger partial charge in [0.1, 0.15) is 0 Å². The zero-order chi connectivity index (χ0) is 13.6. The van der Waals surface area contributed by atoms with Crippen LogP contribution in [0.3, 0.4) is 0 Å². The van der Waals surface area contributed by atoms with Gasteiger partial charge in [-0.2, -0.15) is 0 Å². The standard InChI is InChI=1S/C13H24N4O/c1-11(9-17-8-7-14-10-17)16-12(18)5-6-15-13(2,3)4/h7-8,10-11,15H,5-6,9H2,1-4H3,(H,16,18). The number of nitrogens with one attached hydrogen (secondary N) is 2. The number of rotatable bonds is 6. The van der Waals surface area contributed by atoms with Gasteiger partial charge in [-0.05, 0) is 27.7 Å². The Morgan fingerprint density at radius 2 is 2.17 bits per heavy atom. The van der Waals surface area contributed by atoms with E-state index in [2.05, 4.69) is 36.4 Å². The molecule has 2 N–H and O–H groups in total. The number of carbonyl (C=O) groups is 1. The zero-order valence-electron chi connectivity index (χ0n) is 11.7. The van der Waals surface area contributed by atoms with E-state index in [0.29, 0.717) is 13.0 Å². The van der Waals surface area contributed by atoms with Gasteiger partial charge < -0.3 is 15.2 Å². The minimum atomic E-state index is 0.0582. The van der Waals surface area contributed by atoms with E-state index in [0.717, 1.165) is 6.54 Å². The number of hydrogen-bond donors (Lipinski definition) is 2. The summed E-state index contributed by atoms with van der Waals surface area (Å²) in [5, 5.41) is 6.27. The van der Waals surface area contributed by atoms with Gasteiger partial charge in [-0.3, -0.25) is 4.79 Å². The molecule has 1 rings (SSSR count). The highest BCUT2D eigenvalue weighted by atomic mass is 16.1. The fourth-order valence-electron chi connectivity index (χ4n) is 1.65. The van der Waals surface area contributed by atoms with Crippen LogP contribution in [-0.4, -0.2) is 33.6 Å². The van der Waals surface area contributed by atoms with E-state index in [-0.39, 0.29) is 17.5 Å². The van der Waals surface area contributed by atoms with Gasteiger partial charge in [0.2, 0.25) is 5.91 Å². The first-order valence-corrected chi connectivity index (χ1v) is 6.37. The van der Waals surface area contributed by atoms with Gasteiger partial charge >= 0.3 is 0 Å². The molecule has 0 bridgehead atoms. The van der Waals surface area contributed by atoms with E-state index < -0.39 is 0 Å². The number of aromatic nitrogens is 2. The summed E-state index contributed by atoms with van der Waals surface area (Å²) in [6, 6.07) is 0.112. The molecule has 0 aliphatic carbocycles. The lowest BCUT2D eigenvalue weighted by Crippen LogP contribution is -2.40. The summed E-state index contributed by atoms with van der Waals surface area (Å²) in [6.07, 6.45) is 5.89. The number of carbonyl (C=O) groups excluding carboxylic acids is 1. The minimum Gasteiger partial charge on any atom is -0.352 e. The number of nitrogens with zero attached hydrogens (tertiary/aromatic N) is 2. The van der Waals surface area contributed by atoms with Crippen LogP contribution in [0, 0.1) is 0 Å². The Bertz CT molecular complexity index is 354. The van der Waals surface area contributed by atoms with Gasteiger partial charge in [-0.15, -0.1) is 0 Å². The van der Waals surface area contributed by atoms with Gasteiger partial charge in [0.15, 0.2) is 0 Å². The Balaban J connectivity index is 2.19. The van der Waals surface area contributed by atoms with Gasteiger partial charge in [0.05, 0.1) is 6.33 Å². The molecule has 102 valence electrons. The van der Waals surface area contributed by atoms with Crippen molar-refractivity contribution in [2.45, 2.75) is 52.2 Å². The first kappa shape index (κ1) is 14.7. The molecular formula is C13H24N4O. The molecule has 5 nitrogen and oxygen atoms in total. The average Bonchev–Trinajstić information content (AvgIpc) is 2.67. The third-order valence-electron chi connectivity index (χ3n) is 2.46. The Morgan fingerprint density at radius 3 is 2.72 bits per heavy atom. The smallest absolute Gasteiger partial charge is 0.221 e. The van der Waals surface area contributed by atoms with Crippen LogP contribution in [-0.2, 0) is 11.3 Å². The quantitative estimate of drug-likeness (QED) is 0.799. The highest BCUT2D eigenvalue weighted by Gasteiger charge is 2.11. The highest BCUT2D eigenvalue weighted by molar-refractivity contribution is 5.76. The fourth-order valence-corrected chi connectivity index (χ4v) is 1.65. The van der Waals surface area contributed by atoms with Gasteiger partial charge in [0.25, 0.3) is 0 Å². The van der Waals surface area contributed by atoms with Crippen molar-refractivity contribution in [3.63, 3.8) is 0 Å². The molecule has 1 unspecified atom stereocenters. The molecule has 0 aromatic carbocycles. The predicted octanol–water partition coefficient (Wildman–Crippen LogP) is 1.17. The van der Waals surface area contributed by atoms with Crippen molar-refractivity contribution in [3.05, 3.63) is 18.7 Å². The van der Waals surface area contributed by atoms with Crippen LogP contribution in [0.25, 0.3) is 0 Å². The molecular weight excluding hydrogens is 228 g/mol. The maximum atomic E-state index is 11.7. The topological polar surface area (TPSA) is 59.0 Å². The Labute approximate surface area is 109 Å². The lowest BCUT2D eigenvalue weighted by molar-refractivity contribution is -0.121. The van der Waals surface area contributed by atoms with Crippen molar-refractivity contribution in [2.75, 3.05) is 6.54 Å². The summed E-state index contributed by atoms with van der Waals surface area (Å²) < 4.78 is 1.96. The second-order valence-corrected chi connectivity index (χ2v) is 5.65. The number of imidazole rings is 1. The van der Waals surface area contributed by atoms with Gasteiger partial charge in [0, 0.05) is 43.5 Å². The molecule has 0 spiro atoms. The Morgan fingerprint density at radius 1 is 1.44 bits per heavy atom. The molecule has 0 saturated carbocycles. The first-order valence-electron chi connectivity index (χ1n) is 6.37. The molecule has 0 aliphatic rings. The molecule has 18 heavy (non-hydrogen) atoms. The van der Waals surface area contributed by atoms with Crippen LogP contribution < -0.4 is 10.6 Å². The molecule has 0 saturated heterocycles. The van der Waals surface area contributed by atoms with E-state index in [1.54, 1.807) is 12.5 Å². The molecule has 1 amide bonds. The van der Waals surface area contributed by atoms with E-state index >= 15 is 0 Å². The van der Waals surface area contributed by atoms with Crippen molar-refractivity contribution < 1.29 is 4.79 Å². The van der Waals surface area contributed by atoms with Gasteiger partial charge in [-0.1, -0.05) is 0 Å². The van der Waals surface area contributed by atoms with Crippen LogP contribution >= 0.6 is 0 Å². The van der Waals surface area contributed by atoms with Crippen molar-refractivity contribution >= 4 is 5.91 Å². The fraction of sp³-hybridized carbons (Fsp3) is 0.692. The first-order chi connectivity index (χ1) is 8.37. The number of hydrogen-bond acceptors (Lipinski definition) is 3. The van der Waals surface area contributed by atoms with Crippen LogP contribution in [0.15, 0.2) is 18.7 Å². The molecule has 0 radical (unpaired) electrons. The normalized spacial score (nSPS) is 13.3. The van der Waals surface area contributed by atoms with E-state index in [1.807, 2.05) is 17.7 Å². The molecule has 0 fully saturated rings. The lowest BCUT2D eigenvalue weighted by Gasteiger charge is -2.20. The third kappa shape index (κ3) is 6.39. The van der Waals surface area contributed by atoms with Crippen LogP contribution in [0.4, 0.5) is 0 Å². The summed E-state index contributed by atoms with van der Waals surface area (Å²) in [5.74, 6) is 0.0827. The van der Waals surface area contributed by atoms with Crippen molar-refractivity contribution in [1.82, 2.24) is 20.2 Å². The molecule has 1 aromatic rings. The van der Waals surface area contributed by atoms with Crippen molar-refractivity contribution in [2.24, 2.45) is 0 Å². The largest absolute Gasteiger partial charge is 0.352 e. The predicted molar refractivity (Wildman–Crippen MR) is 72.2 cm³/mol. The summed E-state index contributed by atoms with van der Waals surface area (Å²) in [5.41, 5.74) is 0.0582. The highest BCUT2D eigenvalue weighted by Crippen LogP contribution is 1.98. The van der Waals surface area contributed by atoms with E-state index in [4.69, 9.17) is 0 Å². The lowest BCUT2D eigenvalue weighted by atomic mass is 10.1. The summed E-state index contributed by atoms with van der Waals surface area (Å²) in [7, 11) is 0. The second kappa shape index (κ2) is 6.54. The second-order valence-electron chi connectivity index (χ2n) is 5.65. The molecule has 1 aromatic heterocycles. The number of amides is 1. The maximum absolute atomic E-state index is 11.7. The van der Waals surface area contributed by atoms with Crippen molar-refractivity contribution in [1.29, 1.82) is 0 Å². The van der Waals surface area contributed by atoms with E-state index in [9.17, 15) is 4.79 Å². The van der Waals surface area contributed by atoms with Gasteiger partial charge in [-0.25, -0.2) is 4.98 Å². The summed E-state index contributed by atoms with van der Waals surface area (Å²) >= 11 is 0. The summed E-state index contributed by atoms with van der Waals surface area (Å²) in [4.78, 5) is 15.7. The molecule has 1 heterocycles. The molecule has 5 heteroatoms. The Kier molecular flexibility index (Phi) is 5.34. The monoisotopic (exact) mass is 252 g/mol. The third-order valence-corrected chi connectivity index (χ3v) is 2.46. The average molecular weight is 252 g/mol. The van der Waals surface area contributed by atoms with Crippen molar-refractivity contribution in [3.8, 4) is 0 Å².